The maximum atomic E-state index is 12.9. The zero-order chi connectivity index (χ0) is 27.4. The summed E-state index contributed by atoms with van der Waals surface area (Å²) in [5.74, 6) is -2.25. The summed E-state index contributed by atoms with van der Waals surface area (Å²) in [6.45, 7) is 10.4. The molecule has 0 aromatic heterocycles. The minimum absolute atomic E-state index is 0.0441. The second kappa shape index (κ2) is 11.1. The summed E-state index contributed by atoms with van der Waals surface area (Å²) in [5.41, 5.74) is 1.14. The van der Waals surface area contributed by atoms with E-state index >= 15 is 0 Å². The molecule has 9 nitrogen and oxygen atoms in total. The summed E-state index contributed by atoms with van der Waals surface area (Å²) in [4.78, 5) is 54.7. The second-order valence-corrected chi connectivity index (χ2v) is 10.4. The molecule has 37 heavy (non-hydrogen) atoms. The molecule has 0 bridgehead atoms. The van der Waals surface area contributed by atoms with Gasteiger partial charge < -0.3 is 19.6 Å². The molecule has 0 radical (unpaired) electrons. The highest BCUT2D eigenvalue weighted by atomic mass is 16.7. The number of amides is 3. The van der Waals surface area contributed by atoms with Gasteiger partial charge in [-0.3, -0.25) is 9.59 Å². The Kier molecular flexibility index (Phi) is 8.38. The SMILES string of the molecule is C[C@H](OC(C)(C)C)[C@@H](NC(=O)OC(C)(C)c1ccc(-c2ccccc2)cc1)C(=O)ON1C(=O)CCC1=O. The van der Waals surface area contributed by atoms with Gasteiger partial charge in [0, 0.05) is 12.8 Å². The number of rotatable bonds is 8. The van der Waals surface area contributed by atoms with Crippen molar-refractivity contribution < 1.29 is 33.5 Å². The second-order valence-electron chi connectivity index (χ2n) is 10.4. The quantitative estimate of drug-likeness (QED) is 0.521. The Morgan fingerprint density at radius 3 is 1.95 bits per heavy atom. The molecule has 1 aliphatic heterocycles. The Hall–Kier alpha value is -3.72. The third-order valence-corrected chi connectivity index (χ3v) is 5.76. The van der Waals surface area contributed by atoms with Gasteiger partial charge in [0.25, 0.3) is 11.8 Å². The number of ether oxygens (including phenoxy) is 2. The average molecular weight is 511 g/mol. The van der Waals surface area contributed by atoms with Gasteiger partial charge in [0.2, 0.25) is 0 Å². The third kappa shape index (κ3) is 7.39. The lowest BCUT2D eigenvalue weighted by molar-refractivity contribution is -0.202. The summed E-state index contributed by atoms with van der Waals surface area (Å²) >= 11 is 0. The molecule has 2 aromatic carbocycles. The van der Waals surface area contributed by atoms with Crippen LogP contribution in [0.5, 0.6) is 0 Å². The van der Waals surface area contributed by atoms with Gasteiger partial charge in [-0.1, -0.05) is 54.6 Å². The number of imide groups is 1. The van der Waals surface area contributed by atoms with Crippen molar-refractivity contribution in [3.05, 3.63) is 60.2 Å². The van der Waals surface area contributed by atoms with Crippen molar-refractivity contribution in [2.24, 2.45) is 0 Å². The van der Waals surface area contributed by atoms with Crippen LogP contribution in [-0.4, -0.2) is 46.7 Å². The van der Waals surface area contributed by atoms with Crippen molar-refractivity contribution in [3.8, 4) is 11.1 Å². The van der Waals surface area contributed by atoms with Crippen LogP contribution in [-0.2, 0) is 34.3 Å². The molecule has 1 heterocycles. The van der Waals surface area contributed by atoms with Crippen molar-refractivity contribution in [2.75, 3.05) is 0 Å². The highest BCUT2D eigenvalue weighted by Crippen LogP contribution is 2.28. The third-order valence-electron chi connectivity index (χ3n) is 5.76. The van der Waals surface area contributed by atoms with Crippen LogP contribution >= 0.6 is 0 Å². The molecule has 1 saturated heterocycles. The minimum Gasteiger partial charge on any atom is -0.439 e. The molecular weight excluding hydrogens is 476 g/mol. The van der Waals surface area contributed by atoms with E-state index in [9.17, 15) is 19.2 Å². The topological polar surface area (TPSA) is 111 Å². The molecule has 0 aliphatic carbocycles. The number of carbonyl (C=O) groups excluding carboxylic acids is 4. The fourth-order valence-corrected chi connectivity index (χ4v) is 3.94. The molecular formula is C28H34N2O7. The molecule has 0 saturated carbocycles. The van der Waals surface area contributed by atoms with Gasteiger partial charge in [0.15, 0.2) is 6.04 Å². The molecule has 0 unspecified atom stereocenters. The zero-order valence-electron chi connectivity index (χ0n) is 22.1. The highest BCUT2D eigenvalue weighted by molar-refractivity contribution is 6.02. The molecule has 1 N–H and O–H groups in total. The predicted octanol–water partition coefficient (Wildman–Crippen LogP) is 4.49. The Bertz CT molecular complexity index is 1120. The molecule has 1 fully saturated rings. The predicted molar refractivity (Wildman–Crippen MR) is 136 cm³/mol. The van der Waals surface area contributed by atoms with Crippen molar-refractivity contribution in [1.82, 2.24) is 10.4 Å². The first-order chi connectivity index (χ1) is 17.3. The molecule has 0 spiro atoms. The normalized spacial score (nSPS) is 15.8. The number of benzene rings is 2. The van der Waals surface area contributed by atoms with Crippen LogP contribution in [0.4, 0.5) is 4.79 Å². The van der Waals surface area contributed by atoms with Crippen molar-refractivity contribution in [2.45, 2.75) is 77.7 Å². The Morgan fingerprint density at radius 2 is 1.41 bits per heavy atom. The highest BCUT2D eigenvalue weighted by Gasteiger charge is 2.39. The summed E-state index contributed by atoms with van der Waals surface area (Å²) in [6, 6.07) is 16.2. The van der Waals surface area contributed by atoms with E-state index in [1.54, 1.807) is 41.5 Å². The maximum absolute atomic E-state index is 12.9. The first-order valence-electron chi connectivity index (χ1n) is 12.2. The van der Waals surface area contributed by atoms with Crippen LogP contribution in [0.25, 0.3) is 11.1 Å². The van der Waals surface area contributed by atoms with Gasteiger partial charge in [0.1, 0.15) is 5.60 Å². The van der Waals surface area contributed by atoms with Gasteiger partial charge in [-0.05, 0) is 58.2 Å². The van der Waals surface area contributed by atoms with Gasteiger partial charge in [-0.25, -0.2) is 9.59 Å². The van der Waals surface area contributed by atoms with Gasteiger partial charge in [-0.15, -0.1) is 5.06 Å². The average Bonchev–Trinajstić information content (AvgIpc) is 3.13. The molecule has 9 heteroatoms. The minimum atomic E-state index is -1.34. The molecule has 3 amide bonds. The number of alkyl carbamates (subject to hydrolysis) is 1. The molecule has 3 rings (SSSR count). The number of hydrogen-bond donors (Lipinski definition) is 1. The number of hydroxylamine groups is 2. The summed E-state index contributed by atoms with van der Waals surface area (Å²) in [7, 11) is 0. The summed E-state index contributed by atoms with van der Waals surface area (Å²) in [6.07, 6.45) is -1.83. The summed E-state index contributed by atoms with van der Waals surface area (Å²) in [5, 5.41) is 2.93. The van der Waals surface area contributed by atoms with Crippen LogP contribution in [0, 0.1) is 0 Å². The van der Waals surface area contributed by atoms with E-state index in [2.05, 4.69) is 5.32 Å². The standard InChI is InChI=1S/C28H34N2O7/c1-18(35-27(2,3)4)24(25(33)37-30-22(31)16-17-23(30)32)29-26(34)36-28(5,6)21-14-12-20(13-15-21)19-10-8-7-9-11-19/h7-15,18,24H,16-17H2,1-6H3,(H,29,34)/t18-,24+/m0/s1. The fourth-order valence-electron chi connectivity index (χ4n) is 3.94. The van der Waals surface area contributed by atoms with Crippen LogP contribution in [0.2, 0.25) is 0 Å². The van der Waals surface area contributed by atoms with E-state index in [1.807, 2.05) is 54.6 Å². The number of nitrogens with one attached hydrogen (secondary N) is 1. The van der Waals surface area contributed by atoms with Crippen LogP contribution in [0.1, 0.15) is 59.9 Å². The summed E-state index contributed by atoms with van der Waals surface area (Å²) < 4.78 is 11.5. The van der Waals surface area contributed by atoms with Crippen molar-refractivity contribution in [1.29, 1.82) is 0 Å². The first-order valence-corrected chi connectivity index (χ1v) is 12.2. The van der Waals surface area contributed by atoms with E-state index in [0.717, 1.165) is 16.7 Å². The van der Waals surface area contributed by atoms with E-state index in [4.69, 9.17) is 14.3 Å². The van der Waals surface area contributed by atoms with Crippen LogP contribution in [0.15, 0.2) is 54.6 Å². The van der Waals surface area contributed by atoms with E-state index in [0.29, 0.717) is 5.06 Å². The number of hydrogen-bond acceptors (Lipinski definition) is 7. The lowest BCUT2D eigenvalue weighted by Gasteiger charge is -2.32. The lowest BCUT2D eigenvalue weighted by Crippen LogP contribution is -2.53. The Balaban J connectivity index is 1.73. The van der Waals surface area contributed by atoms with Crippen molar-refractivity contribution in [3.63, 3.8) is 0 Å². The maximum Gasteiger partial charge on any atom is 0.408 e. The zero-order valence-corrected chi connectivity index (χ0v) is 22.1. The smallest absolute Gasteiger partial charge is 0.408 e. The van der Waals surface area contributed by atoms with Crippen LogP contribution < -0.4 is 5.32 Å². The molecule has 198 valence electrons. The van der Waals surface area contributed by atoms with Gasteiger partial charge in [0.05, 0.1) is 11.7 Å². The van der Waals surface area contributed by atoms with E-state index in [1.165, 1.54) is 0 Å². The Morgan fingerprint density at radius 1 is 0.865 bits per heavy atom. The number of nitrogens with zero attached hydrogens (tertiary/aromatic N) is 1. The molecule has 2 atom stereocenters. The first kappa shape index (κ1) is 27.9. The monoisotopic (exact) mass is 510 g/mol. The van der Waals surface area contributed by atoms with Gasteiger partial charge >= 0.3 is 12.1 Å². The number of carbonyl (C=O) groups is 4. The Labute approximate surface area is 217 Å². The van der Waals surface area contributed by atoms with E-state index in [-0.39, 0.29) is 12.8 Å². The van der Waals surface area contributed by atoms with E-state index < -0.39 is 47.2 Å². The van der Waals surface area contributed by atoms with Crippen molar-refractivity contribution >= 4 is 23.9 Å². The van der Waals surface area contributed by atoms with Crippen LogP contribution in [0.3, 0.4) is 0 Å². The molecule has 2 aromatic rings. The molecule has 1 aliphatic rings. The van der Waals surface area contributed by atoms with Gasteiger partial charge in [-0.2, -0.15) is 0 Å². The fraction of sp³-hybridized carbons (Fsp3) is 0.429. The largest absolute Gasteiger partial charge is 0.439 e. The lowest BCUT2D eigenvalue weighted by atomic mass is 9.95.